The van der Waals surface area contributed by atoms with Crippen LogP contribution in [0, 0.1) is 0 Å². The first-order chi connectivity index (χ1) is 9.93. The van der Waals surface area contributed by atoms with E-state index in [0.717, 1.165) is 18.2 Å². The molecule has 0 aliphatic heterocycles. The molecule has 0 saturated carbocycles. The number of hydrogen-bond donors (Lipinski definition) is 1. The third-order valence-corrected chi connectivity index (χ3v) is 4.49. The Morgan fingerprint density at radius 3 is 2.43 bits per heavy atom. The second kappa shape index (κ2) is 6.58. The minimum absolute atomic E-state index is 0.0665. The molecule has 0 aliphatic carbocycles. The van der Waals surface area contributed by atoms with E-state index >= 15 is 0 Å². The van der Waals surface area contributed by atoms with Gasteiger partial charge >= 0.3 is 0 Å². The van der Waals surface area contributed by atoms with Gasteiger partial charge in [-0.2, -0.15) is 0 Å². The monoisotopic (exact) mass is 303 g/mol. The summed E-state index contributed by atoms with van der Waals surface area (Å²) in [5, 5.41) is 4.48. The van der Waals surface area contributed by atoms with E-state index in [4.69, 9.17) is 4.98 Å². The fraction of sp³-hybridized carbons (Fsp3) is 0.471. The molecule has 1 heterocycles. The first-order valence-corrected chi connectivity index (χ1v) is 8.24. The van der Waals surface area contributed by atoms with Crippen molar-refractivity contribution in [2.75, 3.05) is 18.5 Å². The quantitative estimate of drug-likeness (QED) is 0.891. The molecule has 0 unspecified atom stereocenters. The molecule has 0 fully saturated rings. The van der Waals surface area contributed by atoms with Gasteiger partial charge in [0.2, 0.25) is 0 Å². The molecule has 2 rings (SSSR count). The summed E-state index contributed by atoms with van der Waals surface area (Å²) in [5.41, 5.74) is 2.43. The van der Waals surface area contributed by atoms with Gasteiger partial charge in [-0.15, -0.1) is 0 Å². The fourth-order valence-electron chi connectivity index (χ4n) is 2.19. The molecule has 114 valence electrons. The van der Waals surface area contributed by atoms with Crippen LogP contribution in [0.3, 0.4) is 0 Å². The number of nitrogens with one attached hydrogen (secondary N) is 1. The number of rotatable bonds is 5. The Bertz CT molecular complexity index is 569. The predicted molar refractivity (Wildman–Crippen MR) is 92.7 cm³/mol. The first-order valence-electron chi connectivity index (χ1n) is 7.43. The van der Waals surface area contributed by atoms with Crippen LogP contribution in [0.1, 0.15) is 38.3 Å². The molecule has 1 N–H and O–H groups in total. The molecule has 3 nitrogen and oxygen atoms in total. The van der Waals surface area contributed by atoms with E-state index in [1.54, 1.807) is 11.3 Å². The minimum Gasteiger partial charge on any atom is -0.321 e. The second-order valence-electron chi connectivity index (χ2n) is 6.19. The maximum atomic E-state index is 4.92. The molecule has 21 heavy (non-hydrogen) atoms. The van der Waals surface area contributed by atoms with Crippen LogP contribution < -0.4 is 10.2 Å². The molecule has 0 saturated heterocycles. The minimum atomic E-state index is 0.0665. The summed E-state index contributed by atoms with van der Waals surface area (Å²) >= 11 is 1.78. The van der Waals surface area contributed by atoms with E-state index < -0.39 is 0 Å². The molecule has 0 atom stereocenters. The van der Waals surface area contributed by atoms with E-state index in [-0.39, 0.29) is 5.41 Å². The third-order valence-electron chi connectivity index (χ3n) is 3.36. The summed E-state index contributed by atoms with van der Waals surface area (Å²) in [6.45, 7) is 10.7. The van der Waals surface area contributed by atoms with Crippen LogP contribution in [0.4, 0.5) is 10.8 Å². The van der Waals surface area contributed by atoms with Gasteiger partial charge in [-0.25, -0.2) is 4.98 Å². The molecule has 0 spiro atoms. The van der Waals surface area contributed by atoms with Crippen molar-refractivity contribution in [1.82, 2.24) is 10.3 Å². The molecular formula is C17H25N3S. The Hall–Kier alpha value is -1.39. The van der Waals surface area contributed by atoms with Crippen molar-refractivity contribution >= 4 is 22.2 Å². The van der Waals surface area contributed by atoms with Crippen LogP contribution in [-0.4, -0.2) is 18.6 Å². The SMILES string of the molecule is CCNCc1sc(N(C)c2ccccc2)nc1C(C)(C)C. The van der Waals surface area contributed by atoms with E-state index in [1.807, 2.05) is 6.07 Å². The third kappa shape index (κ3) is 3.83. The standard InChI is InChI=1S/C17H25N3S/c1-6-18-12-14-15(17(2,3)4)19-16(21-14)20(5)13-10-8-7-9-11-13/h7-11,18H,6,12H2,1-5H3. The summed E-state index contributed by atoms with van der Waals surface area (Å²) in [4.78, 5) is 8.41. The van der Waals surface area contributed by atoms with Gasteiger partial charge in [0, 0.05) is 29.6 Å². The molecular weight excluding hydrogens is 278 g/mol. The lowest BCUT2D eigenvalue weighted by molar-refractivity contribution is 0.561. The lowest BCUT2D eigenvalue weighted by atomic mass is 9.91. The Balaban J connectivity index is 2.34. The maximum absolute atomic E-state index is 4.92. The topological polar surface area (TPSA) is 28.2 Å². The van der Waals surface area contributed by atoms with Gasteiger partial charge in [0.05, 0.1) is 5.69 Å². The zero-order chi connectivity index (χ0) is 15.5. The summed E-state index contributed by atoms with van der Waals surface area (Å²) in [5.74, 6) is 0. The first kappa shape index (κ1) is 16.0. The van der Waals surface area contributed by atoms with Gasteiger partial charge in [0.25, 0.3) is 0 Å². The number of aromatic nitrogens is 1. The Morgan fingerprint density at radius 1 is 1.19 bits per heavy atom. The lowest BCUT2D eigenvalue weighted by Gasteiger charge is -2.18. The van der Waals surface area contributed by atoms with Gasteiger partial charge in [0.1, 0.15) is 0 Å². The fourth-order valence-corrected chi connectivity index (χ4v) is 3.41. The number of nitrogens with zero attached hydrogens (tertiary/aromatic N) is 2. The van der Waals surface area contributed by atoms with Crippen LogP contribution in [0.5, 0.6) is 0 Å². The van der Waals surface area contributed by atoms with E-state index in [0.29, 0.717) is 0 Å². The number of thiazole rings is 1. The van der Waals surface area contributed by atoms with Crippen LogP contribution in [0.2, 0.25) is 0 Å². The summed E-state index contributed by atoms with van der Waals surface area (Å²) < 4.78 is 0. The molecule has 0 bridgehead atoms. The Kier molecular flexibility index (Phi) is 5.01. The summed E-state index contributed by atoms with van der Waals surface area (Å²) in [7, 11) is 2.08. The zero-order valence-electron chi connectivity index (χ0n) is 13.6. The highest BCUT2D eigenvalue weighted by Crippen LogP contribution is 2.35. The summed E-state index contributed by atoms with van der Waals surface area (Å²) in [6.07, 6.45) is 0. The normalized spacial score (nSPS) is 11.7. The van der Waals surface area contributed by atoms with E-state index in [1.165, 1.54) is 16.3 Å². The van der Waals surface area contributed by atoms with Crippen LogP contribution in [0.15, 0.2) is 30.3 Å². The van der Waals surface area contributed by atoms with Gasteiger partial charge in [-0.1, -0.05) is 57.2 Å². The van der Waals surface area contributed by atoms with Crippen molar-refractivity contribution in [2.24, 2.45) is 0 Å². The van der Waals surface area contributed by atoms with Crippen molar-refractivity contribution in [3.63, 3.8) is 0 Å². The summed E-state index contributed by atoms with van der Waals surface area (Å²) in [6, 6.07) is 10.4. The largest absolute Gasteiger partial charge is 0.321 e. The number of benzene rings is 1. The van der Waals surface area contributed by atoms with Crippen LogP contribution in [0.25, 0.3) is 0 Å². The van der Waals surface area contributed by atoms with Crippen molar-refractivity contribution < 1.29 is 0 Å². The van der Waals surface area contributed by atoms with Crippen molar-refractivity contribution in [3.05, 3.63) is 40.9 Å². The van der Waals surface area contributed by atoms with Crippen molar-refractivity contribution in [2.45, 2.75) is 39.7 Å². The Labute approximate surface area is 132 Å². The molecule has 2 aromatic rings. The van der Waals surface area contributed by atoms with Gasteiger partial charge in [-0.05, 0) is 18.7 Å². The highest BCUT2D eigenvalue weighted by Gasteiger charge is 2.24. The maximum Gasteiger partial charge on any atom is 0.190 e. The molecule has 0 radical (unpaired) electrons. The highest BCUT2D eigenvalue weighted by molar-refractivity contribution is 7.15. The van der Waals surface area contributed by atoms with Crippen molar-refractivity contribution in [1.29, 1.82) is 0 Å². The van der Waals surface area contributed by atoms with Gasteiger partial charge in [-0.3, -0.25) is 0 Å². The predicted octanol–water partition coefficient (Wildman–Crippen LogP) is 4.32. The van der Waals surface area contributed by atoms with Crippen LogP contribution >= 0.6 is 11.3 Å². The van der Waals surface area contributed by atoms with Gasteiger partial charge in [0.15, 0.2) is 5.13 Å². The van der Waals surface area contributed by atoms with Gasteiger partial charge < -0.3 is 10.2 Å². The van der Waals surface area contributed by atoms with Crippen LogP contribution in [-0.2, 0) is 12.0 Å². The average molecular weight is 303 g/mol. The average Bonchev–Trinajstić information content (AvgIpc) is 2.89. The number of hydrogen-bond acceptors (Lipinski definition) is 4. The van der Waals surface area contributed by atoms with E-state index in [9.17, 15) is 0 Å². The zero-order valence-corrected chi connectivity index (χ0v) is 14.4. The molecule has 1 aromatic carbocycles. The highest BCUT2D eigenvalue weighted by atomic mass is 32.1. The number of para-hydroxylation sites is 1. The smallest absolute Gasteiger partial charge is 0.190 e. The lowest BCUT2D eigenvalue weighted by Crippen LogP contribution is -2.18. The van der Waals surface area contributed by atoms with Crippen molar-refractivity contribution in [3.8, 4) is 0 Å². The molecule has 0 amide bonds. The second-order valence-corrected chi connectivity index (χ2v) is 7.26. The molecule has 0 aliphatic rings. The van der Waals surface area contributed by atoms with E-state index in [2.05, 4.69) is 69.2 Å². The molecule has 1 aromatic heterocycles. The Morgan fingerprint density at radius 2 is 1.86 bits per heavy atom. The molecule has 4 heteroatoms. The number of anilines is 2.